The lowest BCUT2D eigenvalue weighted by Crippen LogP contribution is -1.98. The molecule has 0 heterocycles. The number of carbonyl (C=O) groups excluding carboxylic acids is 1. The van der Waals surface area contributed by atoms with Gasteiger partial charge in [0.15, 0.2) is 17.2 Å². The van der Waals surface area contributed by atoms with Gasteiger partial charge in [0.1, 0.15) is 5.75 Å². The maximum atomic E-state index is 11.0. The first-order valence-electron chi connectivity index (χ1n) is 4.52. The van der Waals surface area contributed by atoms with E-state index in [1.165, 1.54) is 19.2 Å². The van der Waals surface area contributed by atoms with E-state index in [-0.39, 0.29) is 0 Å². The van der Waals surface area contributed by atoms with Gasteiger partial charge >= 0.3 is 0 Å². The van der Waals surface area contributed by atoms with E-state index in [1.54, 1.807) is 12.1 Å². The SMILES string of the molecule is COc1ccc(/C(O)=C(\N=O)C(C)=O)cc1. The van der Waals surface area contributed by atoms with E-state index >= 15 is 0 Å². The first kappa shape index (κ1) is 11.9. The molecule has 5 nitrogen and oxygen atoms in total. The third-order valence-electron chi connectivity index (χ3n) is 2.01. The number of nitroso groups, excluding NO2 is 1. The molecule has 0 aromatic heterocycles. The zero-order valence-corrected chi connectivity index (χ0v) is 8.93. The molecule has 0 radical (unpaired) electrons. The van der Waals surface area contributed by atoms with Gasteiger partial charge in [-0.25, -0.2) is 0 Å². The van der Waals surface area contributed by atoms with Gasteiger partial charge in [0, 0.05) is 12.5 Å². The lowest BCUT2D eigenvalue weighted by atomic mass is 10.1. The van der Waals surface area contributed by atoms with E-state index in [1.807, 2.05) is 0 Å². The van der Waals surface area contributed by atoms with Gasteiger partial charge in [0.25, 0.3) is 0 Å². The van der Waals surface area contributed by atoms with Gasteiger partial charge in [-0.2, -0.15) is 0 Å². The summed E-state index contributed by atoms with van der Waals surface area (Å²) in [5, 5.41) is 12.1. The number of Topliss-reactive ketones (excluding diaryl/α,β-unsaturated/α-hetero) is 1. The van der Waals surface area contributed by atoms with Crippen LogP contribution in [0.15, 0.2) is 35.1 Å². The summed E-state index contributed by atoms with van der Waals surface area (Å²) < 4.78 is 4.93. The first-order valence-corrected chi connectivity index (χ1v) is 4.52. The molecule has 1 aromatic rings. The number of aliphatic hydroxyl groups excluding tert-OH is 1. The number of methoxy groups -OCH3 is 1. The van der Waals surface area contributed by atoms with E-state index in [0.29, 0.717) is 11.3 Å². The average molecular weight is 221 g/mol. The van der Waals surface area contributed by atoms with Gasteiger partial charge in [-0.05, 0) is 29.4 Å². The molecule has 16 heavy (non-hydrogen) atoms. The molecule has 0 saturated carbocycles. The van der Waals surface area contributed by atoms with Crippen LogP contribution in [0.25, 0.3) is 5.76 Å². The Morgan fingerprint density at radius 3 is 2.25 bits per heavy atom. The number of hydrogen-bond donors (Lipinski definition) is 1. The summed E-state index contributed by atoms with van der Waals surface area (Å²) >= 11 is 0. The highest BCUT2D eigenvalue weighted by molar-refractivity contribution is 5.99. The topological polar surface area (TPSA) is 76.0 Å². The standard InChI is InChI=1S/C11H11NO4/c1-7(13)10(12-15)11(14)8-3-5-9(16-2)6-4-8/h3-6,14H,1-2H3/b11-10+. The molecule has 0 fully saturated rings. The van der Waals surface area contributed by atoms with Gasteiger partial charge in [-0.1, -0.05) is 0 Å². The summed E-state index contributed by atoms with van der Waals surface area (Å²) in [7, 11) is 1.51. The van der Waals surface area contributed by atoms with Crippen LogP contribution in [-0.2, 0) is 4.79 Å². The van der Waals surface area contributed by atoms with Crippen molar-refractivity contribution in [3.8, 4) is 5.75 Å². The molecular weight excluding hydrogens is 210 g/mol. The molecule has 1 rings (SSSR count). The van der Waals surface area contributed by atoms with Gasteiger partial charge in [0.05, 0.1) is 7.11 Å². The molecule has 0 aliphatic carbocycles. The number of allylic oxidation sites excluding steroid dienone is 1. The second-order valence-electron chi connectivity index (χ2n) is 3.07. The van der Waals surface area contributed by atoms with Gasteiger partial charge < -0.3 is 9.84 Å². The number of aliphatic hydroxyl groups is 1. The summed E-state index contributed by atoms with van der Waals surface area (Å²) in [4.78, 5) is 21.3. The van der Waals surface area contributed by atoms with Gasteiger partial charge in [0.2, 0.25) is 0 Å². The minimum absolute atomic E-state index is 0.339. The van der Waals surface area contributed by atoms with Crippen molar-refractivity contribution in [2.24, 2.45) is 5.18 Å². The minimum atomic E-state index is -0.580. The number of hydrogen-bond acceptors (Lipinski definition) is 5. The van der Waals surface area contributed by atoms with Crippen molar-refractivity contribution >= 4 is 11.5 Å². The van der Waals surface area contributed by atoms with Gasteiger partial charge in [-0.15, -0.1) is 4.91 Å². The van der Waals surface area contributed by atoms with Crippen LogP contribution in [0, 0.1) is 4.91 Å². The molecule has 0 unspecified atom stereocenters. The van der Waals surface area contributed by atoms with Crippen molar-refractivity contribution in [1.29, 1.82) is 0 Å². The minimum Gasteiger partial charge on any atom is -0.505 e. The number of nitrogens with zero attached hydrogens (tertiary/aromatic N) is 1. The van der Waals surface area contributed by atoms with E-state index in [9.17, 15) is 14.8 Å². The molecule has 5 heteroatoms. The van der Waals surface area contributed by atoms with Crippen LogP contribution >= 0.6 is 0 Å². The second kappa shape index (κ2) is 5.06. The van der Waals surface area contributed by atoms with Crippen molar-refractivity contribution < 1.29 is 14.6 Å². The Hall–Kier alpha value is -2.17. The summed E-state index contributed by atoms with van der Waals surface area (Å²) in [6.07, 6.45) is 0. The molecule has 0 amide bonds. The molecule has 0 bridgehead atoms. The monoisotopic (exact) mass is 221 g/mol. The van der Waals surface area contributed by atoms with Crippen molar-refractivity contribution in [2.45, 2.75) is 6.92 Å². The van der Waals surface area contributed by atoms with E-state index in [2.05, 4.69) is 5.18 Å². The zero-order chi connectivity index (χ0) is 12.1. The maximum absolute atomic E-state index is 11.0. The third kappa shape index (κ3) is 2.44. The highest BCUT2D eigenvalue weighted by Gasteiger charge is 2.13. The molecule has 0 aliphatic rings. The molecule has 0 saturated heterocycles. The first-order chi connectivity index (χ1) is 7.60. The van der Waals surface area contributed by atoms with E-state index in [0.717, 1.165) is 6.92 Å². The number of benzene rings is 1. The largest absolute Gasteiger partial charge is 0.505 e. The number of ether oxygens (including phenoxy) is 1. The average Bonchev–Trinajstić information content (AvgIpc) is 2.29. The Labute approximate surface area is 92.3 Å². The van der Waals surface area contributed by atoms with Crippen LogP contribution in [0.2, 0.25) is 0 Å². The van der Waals surface area contributed by atoms with E-state index in [4.69, 9.17) is 4.74 Å². The Morgan fingerprint density at radius 1 is 1.31 bits per heavy atom. The Balaban J connectivity index is 3.16. The summed E-state index contributed by atoms with van der Waals surface area (Å²) in [5.41, 5.74) is -0.143. The van der Waals surface area contributed by atoms with Gasteiger partial charge in [-0.3, -0.25) is 4.79 Å². The second-order valence-corrected chi connectivity index (χ2v) is 3.07. The fourth-order valence-electron chi connectivity index (χ4n) is 1.16. The van der Waals surface area contributed by atoms with Crippen LogP contribution in [0.4, 0.5) is 0 Å². The Bertz CT molecular complexity index is 434. The molecule has 0 aliphatic heterocycles. The zero-order valence-electron chi connectivity index (χ0n) is 8.93. The number of ketones is 1. The van der Waals surface area contributed by atoms with Crippen molar-refractivity contribution in [3.63, 3.8) is 0 Å². The van der Waals surface area contributed by atoms with Crippen LogP contribution in [0.5, 0.6) is 5.75 Å². The third-order valence-corrected chi connectivity index (χ3v) is 2.01. The normalized spacial score (nSPS) is 11.6. The lowest BCUT2D eigenvalue weighted by Gasteiger charge is -2.03. The predicted octanol–water partition coefficient (Wildman–Crippen LogP) is 2.28. The highest BCUT2D eigenvalue weighted by Crippen LogP contribution is 2.20. The number of carbonyl (C=O) groups is 1. The fourth-order valence-corrected chi connectivity index (χ4v) is 1.16. The van der Waals surface area contributed by atoms with Crippen LogP contribution in [0.3, 0.4) is 0 Å². The molecule has 84 valence electrons. The van der Waals surface area contributed by atoms with Crippen molar-refractivity contribution in [3.05, 3.63) is 40.4 Å². The molecule has 0 spiro atoms. The maximum Gasteiger partial charge on any atom is 0.192 e. The van der Waals surface area contributed by atoms with Crippen LogP contribution < -0.4 is 4.74 Å². The highest BCUT2D eigenvalue weighted by atomic mass is 16.5. The Kier molecular flexibility index (Phi) is 3.77. The quantitative estimate of drug-likeness (QED) is 0.480. The summed E-state index contributed by atoms with van der Waals surface area (Å²) in [6, 6.07) is 6.27. The van der Waals surface area contributed by atoms with E-state index < -0.39 is 17.2 Å². The molecule has 1 aromatic carbocycles. The van der Waals surface area contributed by atoms with Crippen molar-refractivity contribution in [2.75, 3.05) is 7.11 Å². The van der Waals surface area contributed by atoms with Crippen LogP contribution in [-0.4, -0.2) is 18.0 Å². The summed E-state index contributed by atoms with van der Waals surface area (Å²) in [5.74, 6) is -0.395. The van der Waals surface area contributed by atoms with Crippen LogP contribution in [0.1, 0.15) is 12.5 Å². The lowest BCUT2D eigenvalue weighted by molar-refractivity contribution is -0.113. The fraction of sp³-hybridized carbons (Fsp3) is 0.182. The summed E-state index contributed by atoms with van der Waals surface area (Å²) in [6.45, 7) is 1.16. The van der Waals surface area contributed by atoms with Crippen molar-refractivity contribution in [1.82, 2.24) is 0 Å². The number of rotatable bonds is 4. The smallest absolute Gasteiger partial charge is 0.192 e. The molecule has 1 N–H and O–H groups in total. The molecular formula is C11H11NO4. The predicted molar refractivity (Wildman–Crippen MR) is 59.0 cm³/mol. The molecule has 0 atom stereocenters. The Morgan fingerprint density at radius 2 is 1.88 bits per heavy atom.